The van der Waals surface area contributed by atoms with Crippen molar-refractivity contribution >= 4 is 11.6 Å². The van der Waals surface area contributed by atoms with Crippen molar-refractivity contribution in [2.24, 2.45) is 0 Å². The maximum Gasteiger partial charge on any atom is 0.416 e. The van der Waals surface area contributed by atoms with Crippen LogP contribution in [0, 0.1) is 5.41 Å². The van der Waals surface area contributed by atoms with Crippen LogP contribution in [0.25, 0.3) is 0 Å². The van der Waals surface area contributed by atoms with E-state index in [9.17, 15) is 31.1 Å². The van der Waals surface area contributed by atoms with Crippen molar-refractivity contribution in [1.82, 2.24) is 5.32 Å². The first-order chi connectivity index (χ1) is 14.3. The van der Waals surface area contributed by atoms with Crippen molar-refractivity contribution in [2.45, 2.75) is 37.3 Å². The van der Waals surface area contributed by atoms with Gasteiger partial charge in [0, 0.05) is 6.42 Å². The highest BCUT2D eigenvalue weighted by molar-refractivity contribution is 6.40. The molecule has 1 heterocycles. The molecule has 0 spiro atoms. The average molecular weight is 444 g/mol. The van der Waals surface area contributed by atoms with Gasteiger partial charge in [0.05, 0.1) is 35.1 Å². The maximum absolute atomic E-state index is 13.1. The summed E-state index contributed by atoms with van der Waals surface area (Å²) in [5.74, 6) is -0.612. The summed E-state index contributed by atoms with van der Waals surface area (Å²) < 4.78 is 84.4. The van der Waals surface area contributed by atoms with E-state index in [1.54, 1.807) is 30.3 Å². The molecule has 1 aliphatic rings. The Morgan fingerprint density at radius 3 is 2.03 bits per heavy atom. The lowest BCUT2D eigenvalue weighted by atomic mass is 9.88. The molecule has 0 unspecified atom stereocenters. The van der Waals surface area contributed by atoms with Gasteiger partial charge < -0.3 is 10.1 Å². The van der Waals surface area contributed by atoms with Crippen LogP contribution >= 0.6 is 0 Å². The van der Waals surface area contributed by atoms with E-state index in [2.05, 4.69) is 5.32 Å². The van der Waals surface area contributed by atoms with Gasteiger partial charge in [-0.25, -0.2) is 0 Å². The van der Waals surface area contributed by atoms with Gasteiger partial charge in [0.15, 0.2) is 0 Å². The van der Waals surface area contributed by atoms with E-state index in [0.717, 1.165) is 0 Å². The lowest BCUT2D eigenvalue weighted by Crippen LogP contribution is -2.43. The summed E-state index contributed by atoms with van der Waals surface area (Å²) in [6, 6.07) is 9.82. The number of benzene rings is 2. The normalized spacial score (nSPS) is 20.6. The van der Waals surface area contributed by atoms with Gasteiger partial charge in [-0.3, -0.25) is 10.2 Å². The quantitative estimate of drug-likeness (QED) is 0.620. The predicted octanol–water partition coefficient (Wildman–Crippen LogP) is 5.24. The number of halogens is 6. The summed E-state index contributed by atoms with van der Waals surface area (Å²) >= 11 is 0. The number of hydrogen-bond donors (Lipinski definition) is 2. The number of carbonyl (C=O) groups excluding carboxylic acids is 1. The van der Waals surface area contributed by atoms with Crippen LogP contribution in [0.2, 0.25) is 0 Å². The van der Waals surface area contributed by atoms with Crippen LogP contribution in [-0.4, -0.2) is 18.2 Å². The molecule has 2 atom stereocenters. The van der Waals surface area contributed by atoms with Crippen molar-refractivity contribution in [2.75, 3.05) is 6.61 Å². The Morgan fingerprint density at radius 1 is 1.03 bits per heavy atom. The molecule has 0 bridgehead atoms. The SMILES string of the molecule is C[C@@H](OC[C@@]1(c2ccccc2)CC(=N)C(=O)N1)c1cc(C(F)(F)F)cc(C(F)(F)F)c1. The van der Waals surface area contributed by atoms with Crippen molar-refractivity contribution in [3.05, 3.63) is 70.8 Å². The first kappa shape index (κ1) is 22.8. The summed E-state index contributed by atoms with van der Waals surface area (Å²) in [5, 5.41) is 10.4. The Kier molecular flexibility index (Phi) is 5.88. The van der Waals surface area contributed by atoms with Crippen LogP contribution in [0.3, 0.4) is 0 Å². The molecule has 31 heavy (non-hydrogen) atoms. The molecule has 0 saturated carbocycles. The first-order valence-corrected chi connectivity index (χ1v) is 9.18. The Balaban J connectivity index is 1.91. The fraction of sp³-hybridized carbons (Fsp3) is 0.333. The summed E-state index contributed by atoms with van der Waals surface area (Å²) in [4.78, 5) is 11.9. The molecule has 3 rings (SSSR count). The molecule has 1 saturated heterocycles. The molecule has 0 aliphatic carbocycles. The topological polar surface area (TPSA) is 62.2 Å². The van der Waals surface area contributed by atoms with Crippen LogP contribution in [-0.2, 0) is 27.4 Å². The van der Waals surface area contributed by atoms with E-state index in [-0.39, 0.29) is 30.4 Å². The molecular formula is C21H18F6N2O2. The maximum atomic E-state index is 13.1. The van der Waals surface area contributed by atoms with Crippen LogP contribution < -0.4 is 5.32 Å². The monoisotopic (exact) mass is 444 g/mol. The minimum Gasteiger partial charge on any atom is -0.371 e. The highest BCUT2D eigenvalue weighted by Gasteiger charge is 2.43. The largest absolute Gasteiger partial charge is 0.416 e. The predicted molar refractivity (Wildman–Crippen MR) is 99.4 cm³/mol. The van der Waals surface area contributed by atoms with Gasteiger partial charge in [-0.15, -0.1) is 0 Å². The lowest BCUT2D eigenvalue weighted by Gasteiger charge is -2.31. The molecular weight excluding hydrogens is 426 g/mol. The van der Waals surface area contributed by atoms with E-state index in [0.29, 0.717) is 17.7 Å². The summed E-state index contributed by atoms with van der Waals surface area (Å²) in [6.07, 6.45) is -11.1. The number of rotatable bonds is 5. The van der Waals surface area contributed by atoms with Gasteiger partial charge in [0.25, 0.3) is 5.91 Å². The van der Waals surface area contributed by atoms with Gasteiger partial charge >= 0.3 is 12.4 Å². The molecule has 1 amide bonds. The van der Waals surface area contributed by atoms with Gasteiger partial charge in [0.1, 0.15) is 0 Å². The minimum atomic E-state index is -4.96. The fourth-order valence-electron chi connectivity index (χ4n) is 3.40. The van der Waals surface area contributed by atoms with Crippen molar-refractivity contribution in [1.29, 1.82) is 5.41 Å². The Labute approximate surface area is 173 Å². The molecule has 2 aromatic carbocycles. The number of hydrogen-bond acceptors (Lipinski definition) is 3. The zero-order valence-corrected chi connectivity index (χ0v) is 16.2. The molecule has 166 valence electrons. The second kappa shape index (κ2) is 7.99. The fourth-order valence-corrected chi connectivity index (χ4v) is 3.40. The number of alkyl halides is 6. The van der Waals surface area contributed by atoms with Crippen LogP contribution in [0.5, 0.6) is 0 Å². The van der Waals surface area contributed by atoms with Gasteiger partial charge in [0.2, 0.25) is 0 Å². The summed E-state index contributed by atoms with van der Waals surface area (Å²) in [5.41, 5.74) is -3.89. The lowest BCUT2D eigenvalue weighted by molar-refractivity contribution is -0.143. The molecule has 10 heteroatoms. The van der Waals surface area contributed by atoms with Crippen molar-refractivity contribution in [3.8, 4) is 0 Å². The van der Waals surface area contributed by atoms with E-state index >= 15 is 0 Å². The summed E-state index contributed by atoms with van der Waals surface area (Å²) in [7, 11) is 0. The number of amides is 1. The van der Waals surface area contributed by atoms with E-state index in [1.165, 1.54) is 6.92 Å². The number of carbonyl (C=O) groups is 1. The smallest absolute Gasteiger partial charge is 0.371 e. The van der Waals surface area contributed by atoms with Crippen molar-refractivity contribution in [3.63, 3.8) is 0 Å². The molecule has 2 N–H and O–H groups in total. The second-order valence-electron chi connectivity index (χ2n) is 7.35. The van der Waals surface area contributed by atoms with Gasteiger partial charge in [-0.2, -0.15) is 26.3 Å². The van der Waals surface area contributed by atoms with Crippen LogP contribution in [0.4, 0.5) is 26.3 Å². The van der Waals surface area contributed by atoms with Gasteiger partial charge in [-0.1, -0.05) is 30.3 Å². The van der Waals surface area contributed by atoms with Crippen LogP contribution in [0.1, 0.15) is 41.7 Å². The van der Waals surface area contributed by atoms with Gasteiger partial charge in [-0.05, 0) is 36.2 Å². The molecule has 1 fully saturated rings. The third-order valence-electron chi connectivity index (χ3n) is 5.09. The minimum absolute atomic E-state index is 0.0288. The zero-order chi connectivity index (χ0) is 23.0. The molecule has 1 aliphatic heterocycles. The molecule has 0 radical (unpaired) electrons. The first-order valence-electron chi connectivity index (χ1n) is 9.18. The standard InChI is InChI=1S/C21H18F6N2O2/c1-12(13-7-15(20(22,23)24)9-16(8-13)21(25,26)27)31-11-19(10-17(28)18(30)29-19)14-5-3-2-4-6-14/h2-9,12,28H,10-11H2,1H3,(H,29,30)/t12-,19-/m1/s1. The Hall–Kier alpha value is -2.88. The second-order valence-corrected chi connectivity index (χ2v) is 7.35. The number of nitrogens with one attached hydrogen (secondary N) is 2. The molecule has 4 nitrogen and oxygen atoms in total. The molecule has 2 aromatic rings. The van der Waals surface area contributed by atoms with E-state index in [1.807, 2.05) is 0 Å². The average Bonchev–Trinajstić information content (AvgIpc) is 3.00. The Bertz CT molecular complexity index is 937. The zero-order valence-electron chi connectivity index (χ0n) is 16.2. The number of ether oxygens (including phenoxy) is 1. The Morgan fingerprint density at radius 2 is 1.58 bits per heavy atom. The molecule has 0 aromatic heterocycles. The van der Waals surface area contributed by atoms with E-state index < -0.39 is 41.0 Å². The highest BCUT2D eigenvalue weighted by Crippen LogP contribution is 2.38. The summed E-state index contributed by atoms with van der Waals surface area (Å²) in [6.45, 7) is 1.08. The van der Waals surface area contributed by atoms with Crippen LogP contribution in [0.15, 0.2) is 48.5 Å². The van der Waals surface area contributed by atoms with E-state index in [4.69, 9.17) is 10.1 Å². The third kappa shape index (κ3) is 4.90. The highest BCUT2D eigenvalue weighted by atomic mass is 19.4. The third-order valence-corrected chi connectivity index (χ3v) is 5.09. The van der Waals surface area contributed by atoms with Crippen molar-refractivity contribution < 1.29 is 35.9 Å².